The molecule has 1 aliphatic heterocycles. The Kier molecular flexibility index (Phi) is 5.50. The molecule has 0 unspecified atom stereocenters. The fourth-order valence-electron chi connectivity index (χ4n) is 2.35. The fourth-order valence-corrected chi connectivity index (χ4v) is 3.39. The van der Waals surface area contributed by atoms with Crippen LogP contribution in [-0.4, -0.2) is 48.5 Å². The molecule has 1 amide bonds. The van der Waals surface area contributed by atoms with Crippen molar-refractivity contribution in [1.82, 2.24) is 15.2 Å². The van der Waals surface area contributed by atoms with Gasteiger partial charge in [-0.2, -0.15) is 0 Å². The van der Waals surface area contributed by atoms with Crippen molar-refractivity contribution in [3.8, 4) is 10.6 Å². The highest BCUT2D eigenvalue weighted by Gasteiger charge is 2.15. The van der Waals surface area contributed by atoms with Crippen LogP contribution in [0, 0.1) is 0 Å². The predicted molar refractivity (Wildman–Crippen MR) is 95.5 cm³/mol. The van der Waals surface area contributed by atoms with Gasteiger partial charge in [0.1, 0.15) is 10.8 Å². The molecule has 3 rings (SSSR count). The van der Waals surface area contributed by atoms with E-state index in [0.717, 1.165) is 36.8 Å². The lowest BCUT2D eigenvalue weighted by molar-refractivity contribution is -0.117. The SMILES string of the molecule is O=C(CN1CCNCC1)Nc1csc(-c2ccc(Cl)c(Cl)c2)n1. The van der Waals surface area contributed by atoms with Crippen LogP contribution in [0.3, 0.4) is 0 Å². The van der Waals surface area contributed by atoms with Crippen molar-refractivity contribution in [3.05, 3.63) is 33.6 Å². The highest BCUT2D eigenvalue weighted by Crippen LogP contribution is 2.31. The summed E-state index contributed by atoms with van der Waals surface area (Å²) in [6, 6.07) is 5.37. The molecule has 1 aromatic heterocycles. The number of nitrogens with one attached hydrogen (secondary N) is 2. The Bertz CT molecular complexity index is 701. The van der Waals surface area contributed by atoms with E-state index >= 15 is 0 Å². The number of carbonyl (C=O) groups excluding carboxylic acids is 1. The number of benzene rings is 1. The van der Waals surface area contributed by atoms with Crippen molar-refractivity contribution in [2.24, 2.45) is 0 Å². The van der Waals surface area contributed by atoms with Crippen LogP contribution >= 0.6 is 34.5 Å². The number of halogens is 2. The first-order valence-corrected chi connectivity index (χ1v) is 8.89. The molecule has 1 fully saturated rings. The third-order valence-corrected chi connectivity index (χ3v) is 5.15. The van der Waals surface area contributed by atoms with Gasteiger partial charge >= 0.3 is 0 Å². The Morgan fingerprint density at radius 2 is 2.09 bits per heavy atom. The normalized spacial score (nSPS) is 15.6. The second-order valence-corrected chi connectivity index (χ2v) is 6.91. The summed E-state index contributed by atoms with van der Waals surface area (Å²) in [4.78, 5) is 18.6. The van der Waals surface area contributed by atoms with Crippen LogP contribution in [0.4, 0.5) is 5.82 Å². The molecule has 0 atom stereocenters. The molecule has 0 aliphatic carbocycles. The van der Waals surface area contributed by atoms with Crippen molar-refractivity contribution in [2.45, 2.75) is 0 Å². The van der Waals surface area contributed by atoms with Gasteiger partial charge in [0.2, 0.25) is 5.91 Å². The van der Waals surface area contributed by atoms with Crippen LogP contribution in [0.2, 0.25) is 10.0 Å². The molecule has 23 heavy (non-hydrogen) atoms. The monoisotopic (exact) mass is 370 g/mol. The Morgan fingerprint density at radius 1 is 1.30 bits per heavy atom. The largest absolute Gasteiger partial charge is 0.314 e. The van der Waals surface area contributed by atoms with Gasteiger partial charge in [0.05, 0.1) is 16.6 Å². The molecule has 1 saturated heterocycles. The second-order valence-electron chi connectivity index (χ2n) is 5.24. The zero-order valence-corrected chi connectivity index (χ0v) is 14.6. The molecular formula is C15H16Cl2N4OS. The number of hydrogen-bond donors (Lipinski definition) is 2. The average molecular weight is 371 g/mol. The lowest BCUT2D eigenvalue weighted by Crippen LogP contribution is -2.46. The second kappa shape index (κ2) is 7.59. The standard InChI is InChI=1S/C15H16Cl2N4OS/c16-11-2-1-10(7-12(11)17)15-20-13(9-23-15)19-14(22)8-21-5-3-18-4-6-21/h1-2,7,9,18H,3-6,8H2,(H,19,22). The van der Waals surface area contributed by atoms with Gasteiger partial charge in [-0.25, -0.2) is 4.98 Å². The average Bonchev–Trinajstić information content (AvgIpc) is 2.99. The van der Waals surface area contributed by atoms with E-state index in [1.54, 1.807) is 12.1 Å². The third-order valence-electron chi connectivity index (χ3n) is 3.52. The van der Waals surface area contributed by atoms with Gasteiger partial charge < -0.3 is 10.6 Å². The maximum Gasteiger partial charge on any atom is 0.239 e. The molecule has 122 valence electrons. The fraction of sp³-hybridized carbons (Fsp3) is 0.333. The Labute approximate surface area is 148 Å². The zero-order valence-electron chi connectivity index (χ0n) is 12.3. The van der Waals surface area contributed by atoms with Gasteiger partial charge in [0.25, 0.3) is 0 Å². The topological polar surface area (TPSA) is 57.3 Å². The van der Waals surface area contributed by atoms with E-state index in [4.69, 9.17) is 23.2 Å². The molecule has 1 aliphatic rings. The van der Waals surface area contributed by atoms with E-state index in [2.05, 4.69) is 20.5 Å². The maximum atomic E-state index is 12.1. The lowest BCUT2D eigenvalue weighted by atomic mass is 10.2. The Morgan fingerprint density at radius 3 is 2.83 bits per heavy atom. The number of thiazole rings is 1. The number of aromatic nitrogens is 1. The molecule has 2 aromatic rings. The molecule has 0 radical (unpaired) electrons. The highest BCUT2D eigenvalue weighted by molar-refractivity contribution is 7.13. The summed E-state index contributed by atoms with van der Waals surface area (Å²) in [7, 11) is 0. The third kappa shape index (κ3) is 4.43. The minimum absolute atomic E-state index is 0.0436. The van der Waals surface area contributed by atoms with Crippen molar-refractivity contribution >= 4 is 46.3 Å². The van der Waals surface area contributed by atoms with E-state index < -0.39 is 0 Å². The maximum absolute atomic E-state index is 12.1. The molecule has 8 heteroatoms. The summed E-state index contributed by atoms with van der Waals surface area (Å²) < 4.78 is 0. The van der Waals surface area contributed by atoms with E-state index in [1.807, 2.05) is 11.4 Å². The summed E-state index contributed by atoms with van der Waals surface area (Å²) in [5.74, 6) is 0.522. The number of carbonyl (C=O) groups is 1. The predicted octanol–water partition coefficient (Wildman–Crippen LogP) is 2.96. The van der Waals surface area contributed by atoms with Crippen LogP contribution < -0.4 is 10.6 Å². The molecule has 2 heterocycles. The number of amides is 1. The summed E-state index contributed by atoms with van der Waals surface area (Å²) in [5.41, 5.74) is 0.881. The number of nitrogens with zero attached hydrogens (tertiary/aromatic N) is 2. The van der Waals surface area contributed by atoms with Crippen LogP contribution in [0.1, 0.15) is 0 Å². The summed E-state index contributed by atoms with van der Waals surface area (Å²) in [6.07, 6.45) is 0. The minimum atomic E-state index is -0.0436. The van der Waals surface area contributed by atoms with E-state index in [1.165, 1.54) is 11.3 Å². The van der Waals surface area contributed by atoms with Gasteiger partial charge in [-0.1, -0.05) is 29.3 Å². The van der Waals surface area contributed by atoms with Crippen molar-refractivity contribution in [1.29, 1.82) is 0 Å². The van der Waals surface area contributed by atoms with Crippen molar-refractivity contribution in [3.63, 3.8) is 0 Å². The summed E-state index contributed by atoms with van der Waals surface area (Å²) in [6.45, 7) is 4.01. The van der Waals surface area contributed by atoms with Gasteiger partial charge in [0, 0.05) is 37.1 Å². The summed E-state index contributed by atoms with van der Waals surface area (Å²) >= 11 is 13.4. The molecule has 0 spiro atoms. The molecular weight excluding hydrogens is 355 g/mol. The number of hydrogen-bond acceptors (Lipinski definition) is 5. The Balaban J connectivity index is 1.62. The smallest absolute Gasteiger partial charge is 0.239 e. The lowest BCUT2D eigenvalue weighted by Gasteiger charge is -2.26. The van der Waals surface area contributed by atoms with Gasteiger partial charge in [-0.15, -0.1) is 11.3 Å². The number of anilines is 1. The highest BCUT2D eigenvalue weighted by atomic mass is 35.5. The van der Waals surface area contributed by atoms with Crippen LogP contribution in [-0.2, 0) is 4.79 Å². The Hall–Kier alpha value is -1.18. The number of rotatable bonds is 4. The van der Waals surface area contributed by atoms with E-state index in [-0.39, 0.29) is 5.91 Å². The van der Waals surface area contributed by atoms with Crippen molar-refractivity contribution < 1.29 is 4.79 Å². The van der Waals surface area contributed by atoms with Gasteiger partial charge in [-0.05, 0) is 12.1 Å². The van der Waals surface area contributed by atoms with Crippen LogP contribution in [0.25, 0.3) is 10.6 Å². The molecule has 0 saturated carbocycles. The van der Waals surface area contributed by atoms with Gasteiger partial charge in [-0.3, -0.25) is 9.69 Å². The minimum Gasteiger partial charge on any atom is -0.314 e. The van der Waals surface area contributed by atoms with E-state index in [9.17, 15) is 4.79 Å². The van der Waals surface area contributed by atoms with Crippen LogP contribution in [0.15, 0.2) is 23.6 Å². The molecule has 2 N–H and O–H groups in total. The zero-order chi connectivity index (χ0) is 16.2. The first-order valence-electron chi connectivity index (χ1n) is 7.26. The molecule has 0 bridgehead atoms. The van der Waals surface area contributed by atoms with E-state index in [0.29, 0.717) is 22.4 Å². The number of piperazine rings is 1. The summed E-state index contributed by atoms with van der Waals surface area (Å²) in [5, 5.41) is 9.73. The first kappa shape index (κ1) is 16.7. The molecule has 5 nitrogen and oxygen atoms in total. The quantitative estimate of drug-likeness (QED) is 0.868. The first-order chi connectivity index (χ1) is 11.1. The van der Waals surface area contributed by atoms with Crippen LogP contribution in [0.5, 0.6) is 0 Å². The van der Waals surface area contributed by atoms with Gasteiger partial charge in [0.15, 0.2) is 0 Å². The van der Waals surface area contributed by atoms with Crippen molar-refractivity contribution in [2.75, 3.05) is 38.0 Å². The molecule has 1 aromatic carbocycles.